The van der Waals surface area contributed by atoms with Crippen LogP contribution in [0.2, 0.25) is 0 Å². The molecule has 5 heteroatoms. The van der Waals surface area contributed by atoms with Crippen LogP contribution in [0, 0.1) is 11.3 Å². The molecule has 2 bridgehead atoms. The molecule has 2 aliphatic rings. The van der Waals surface area contributed by atoms with Crippen LogP contribution < -0.4 is 11.1 Å². The van der Waals surface area contributed by atoms with Gasteiger partial charge in [0.1, 0.15) is 11.4 Å². The average Bonchev–Trinajstić information content (AvgIpc) is 3.16. The molecule has 2 fully saturated rings. The van der Waals surface area contributed by atoms with E-state index in [9.17, 15) is 9.90 Å². The first kappa shape index (κ1) is 13.6. The summed E-state index contributed by atoms with van der Waals surface area (Å²) < 4.78 is 0. The maximum Gasteiger partial charge on any atom is 0.267 e. The van der Waals surface area contributed by atoms with Gasteiger partial charge < -0.3 is 21.1 Å². The number of aromatic nitrogens is 1. The summed E-state index contributed by atoms with van der Waals surface area (Å²) in [6.45, 7) is 0.657. The predicted molar refractivity (Wildman–Crippen MR) is 84.7 cm³/mol. The van der Waals surface area contributed by atoms with E-state index in [1.807, 2.05) is 6.07 Å². The van der Waals surface area contributed by atoms with E-state index in [2.05, 4.69) is 10.3 Å². The van der Waals surface area contributed by atoms with Gasteiger partial charge in [0.05, 0.1) is 0 Å². The van der Waals surface area contributed by atoms with Gasteiger partial charge in [-0.3, -0.25) is 4.79 Å². The molecule has 1 aromatic heterocycles. The van der Waals surface area contributed by atoms with Crippen molar-refractivity contribution in [1.82, 2.24) is 10.3 Å². The number of benzene rings is 1. The highest BCUT2D eigenvalue weighted by Gasteiger charge is 2.50. The molecule has 0 spiro atoms. The zero-order chi connectivity index (χ0) is 15.3. The lowest BCUT2D eigenvalue weighted by atomic mass is 9.80. The highest BCUT2D eigenvalue weighted by atomic mass is 16.3. The van der Waals surface area contributed by atoms with E-state index in [1.165, 1.54) is 6.42 Å². The number of H-pyrrole nitrogens is 1. The van der Waals surface area contributed by atoms with Gasteiger partial charge in [-0.25, -0.2) is 0 Å². The van der Waals surface area contributed by atoms with Crippen LogP contribution in [0.15, 0.2) is 24.3 Å². The number of hydrogen-bond donors (Lipinski definition) is 4. The van der Waals surface area contributed by atoms with Gasteiger partial charge in [0.15, 0.2) is 0 Å². The van der Waals surface area contributed by atoms with E-state index < -0.39 is 0 Å². The van der Waals surface area contributed by atoms with E-state index >= 15 is 0 Å². The maximum atomic E-state index is 12.4. The SMILES string of the molecule is NC1CC2CCC1(CNC(=O)c1cc3ccc(O)cc3[nH]1)C2. The van der Waals surface area contributed by atoms with Crippen molar-refractivity contribution in [3.05, 3.63) is 30.0 Å². The Morgan fingerprint density at radius 2 is 2.32 bits per heavy atom. The summed E-state index contributed by atoms with van der Waals surface area (Å²) in [5, 5.41) is 13.5. The normalized spacial score (nSPS) is 30.0. The third-order valence-corrected chi connectivity index (χ3v) is 5.57. The molecule has 1 heterocycles. The molecule has 2 saturated carbocycles. The number of aromatic amines is 1. The molecule has 5 N–H and O–H groups in total. The molecule has 3 unspecified atom stereocenters. The Morgan fingerprint density at radius 1 is 1.45 bits per heavy atom. The zero-order valence-electron chi connectivity index (χ0n) is 12.4. The maximum absolute atomic E-state index is 12.4. The van der Waals surface area contributed by atoms with Gasteiger partial charge in [0.2, 0.25) is 0 Å². The number of fused-ring (bicyclic) bond motifs is 3. The molecule has 4 rings (SSSR count). The van der Waals surface area contributed by atoms with Gasteiger partial charge in [-0.1, -0.05) is 0 Å². The minimum Gasteiger partial charge on any atom is -0.508 e. The number of amides is 1. The second-order valence-electron chi connectivity index (χ2n) is 6.95. The van der Waals surface area contributed by atoms with Gasteiger partial charge >= 0.3 is 0 Å². The number of carbonyl (C=O) groups excluding carboxylic acids is 1. The zero-order valence-corrected chi connectivity index (χ0v) is 12.4. The number of carbonyl (C=O) groups is 1. The smallest absolute Gasteiger partial charge is 0.267 e. The summed E-state index contributed by atoms with van der Waals surface area (Å²) in [6, 6.07) is 7.07. The van der Waals surface area contributed by atoms with Crippen LogP contribution in [0.1, 0.15) is 36.2 Å². The Hall–Kier alpha value is -2.01. The number of nitrogens with one attached hydrogen (secondary N) is 2. The van der Waals surface area contributed by atoms with Crippen molar-refractivity contribution in [1.29, 1.82) is 0 Å². The molecule has 1 amide bonds. The van der Waals surface area contributed by atoms with Gasteiger partial charge in [0, 0.05) is 35.0 Å². The molecular formula is C17H21N3O2. The van der Waals surface area contributed by atoms with Crippen LogP contribution in [-0.4, -0.2) is 28.6 Å². The van der Waals surface area contributed by atoms with Gasteiger partial charge in [-0.05, 0) is 49.8 Å². The lowest BCUT2D eigenvalue weighted by Crippen LogP contribution is -2.46. The van der Waals surface area contributed by atoms with Gasteiger partial charge in [-0.15, -0.1) is 0 Å². The number of nitrogens with two attached hydrogens (primary N) is 1. The summed E-state index contributed by atoms with van der Waals surface area (Å²) in [5.74, 6) is 0.838. The third-order valence-electron chi connectivity index (χ3n) is 5.57. The molecule has 1 aromatic carbocycles. The fourth-order valence-electron chi connectivity index (χ4n) is 4.30. The fourth-order valence-corrected chi connectivity index (χ4v) is 4.30. The van der Waals surface area contributed by atoms with Crippen molar-refractivity contribution in [3.8, 4) is 5.75 Å². The molecule has 2 aliphatic carbocycles. The quantitative estimate of drug-likeness (QED) is 0.699. The monoisotopic (exact) mass is 299 g/mol. The number of hydrogen-bond acceptors (Lipinski definition) is 3. The Balaban J connectivity index is 1.49. The number of phenols is 1. The Bertz CT molecular complexity index is 739. The van der Waals surface area contributed by atoms with Crippen LogP contribution in [0.25, 0.3) is 10.9 Å². The Labute approximate surface area is 128 Å². The predicted octanol–water partition coefficient (Wildman–Crippen LogP) is 2.12. The lowest BCUT2D eigenvalue weighted by molar-refractivity contribution is 0.0921. The van der Waals surface area contributed by atoms with E-state index in [-0.39, 0.29) is 23.1 Å². The molecule has 5 nitrogen and oxygen atoms in total. The summed E-state index contributed by atoms with van der Waals surface area (Å²) in [4.78, 5) is 15.4. The van der Waals surface area contributed by atoms with Crippen molar-refractivity contribution in [2.24, 2.45) is 17.1 Å². The topological polar surface area (TPSA) is 91.1 Å². The molecule has 3 atom stereocenters. The first-order valence-corrected chi connectivity index (χ1v) is 7.91. The summed E-state index contributed by atoms with van der Waals surface area (Å²) in [5.41, 5.74) is 7.66. The van der Waals surface area contributed by atoms with Crippen LogP contribution in [0.3, 0.4) is 0 Å². The average molecular weight is 299 g/mol. The van der Waals surface area contributed by atoms with Crippen molar-refractivity contribution >= 4 is 16.8 Å². The van der Waals surface area contributed by atoms with E-state index in [0.29, 0.717) is 12.2 Å². The lowest BCUT2D eigenvalue weighted by Gasteiger charge is -2.32. The molecule has 0 saturated heterocycles. The molecule has 0 radical (unpaired) electrons. The summed E-state index contributed by atoms with van der Waals surface area (Å²) >= 11 is 0. The van der Waals surface area contributed by atoms with Crippen LogP contribution in [0.4, 0.5) is 0 Å². The largest absolute Gasteiger partial charge is 0.508 e. The molecule has 116 valence electrons. The van der Waals surface area contributed by atoms with E-state index in [0.717, 1.165) is 36.1 Å². The summed E-state index contributed by atoms with van der Waals surface area (Å²) in [6.07, 6.45) is 4.62. The Morgan fingerprint density at radius 3 is 3.05 bits per heavy atom. The van der Waals surface area contributed by atoms with Crippen molar-refractivity contribution in [2.45, 2.75) is 31.7 Å². The van der Waals surface area contributed by atoms with E-state index in [4.69, 9.17) is 5.73 Å². The number of aromatic hydroxyl groups is 1. The highest BCUT2D eigenvalue weighted by Crippen LogP contribution is 2.52. The van der Waals surface area contributed by atoms with Crippen LogP contribution >= 0.6 is 0 Å². The fraction of sp³-hybridized carbons (Fsp3) is 0.471. The van der Waals surface area contributed by atoms with Crippen molar-refractivity contribution < 1.29 is 9.90 Å². The van der Waals surface area contributed by atoms with E-state index in [1.54, 1.807) is 18.2 Å². The third kappa shape index (κ3) is 2.08. The van der Waals surface area contributed by atoms with Crippen molar-refractivity contribution in [3.63, 3.8) is 0 Å². The number of rotatable bonds is 3. The standard InChI is InChI=1S/C17H21N3O2/c18-15-5-10-3-4-17(15,8-10)9-19-16(22)14-6-11-1-2-12(21)7-13(11)20-14/h1-2,6-7,10,15,20-21H,3-5,8-9,18H2,(H,19,22). The van der Waals surface area contributed by atoms with Crippen LogP contribution in [0.5, 0.6) is 5.75 Å². The highest BCUT2D eigenvalue weighted by molar-refractivity contribution is 5.98. The van der Waals surface area contributed by atoms with Crippen LogP contribution in [-0.2, 0) is 0 Å². The second-order valence-corrected chi connectivity index (χ2v) is 6.95. The molecule has 2 aromatic rings. The second kappa shape index (κ2) is 4.74. The summed E-state index contributed by atoms with van der Waals surface area (Å²) in [7, 11) is 0. The van der Waals surface area contributed by atoms with Gasteiger partial charge in [-0.2, -0.15) is 0 Å². The minimum absolute atomic E-state index is 0.102. The minimum atomic E-state index is -0.104. The number of phenolic OH excluding ortho intramolecular Hbond substituents is 1. The molecular weight excluding hydrogens is 278 g/mol. The van der Waals surface area contributed by atoms with Crippen molar-refractivity contribution in [2.75, 3.05) is 6.54 Å². The first-order valence-electron chi connectivity index (χ1n) is 7.91. The molecule has 0 aliphatic heterocycles. The molecule has 22 heavy (non-hydrogen) atoms. The van der Waals surface area contributed by atoms with Gasteiger partial charge in [0.25, 0.3) is 5.91 Å². The Kier molecular flexibility index (Phi) is 2.94. The first-order chi connectivity index (χ1) is 10.6.